The molecule has 0 spiro atoms. The van der Waals surface area contributed by atoms with Gasteiger partial charge in [0.15, 0.2) is 0 Å². The van der Waals surface area contributed by atoms with E-state index in [0.29, 0.717) is 17.4 Å². The Balaban J connectivity index is 1.92. The van der Waals surface area contributed by atoms with Crippen molar-refractivity contribution in [2.75, 3.05) is 18.9 Å². The van der Waals surface area contributed by atoms with Crippen LogP contribution in [0, 0.1) is 13.8 Å². The van der Waals surface area contributed by atoms with Gasteiger partial charge in [-0.05, 0) is 33.0 Å². The van der Waals surface area contributed by atoms with Crippen LogP contribution in [0.1, 0.15) is 17.0 Å². The highest BCUT2D eigenvalue weighted by Crippen LogP contribution is 2.14. The topological polar surface area (TPSA) is 63.1 Å². The maximum absolute atomic E-state index is 12.0. The molecule has 1 N–H and O–H groups in total. The van der Waals surface area contributed by atoms with Gasteiger partial charge in [-0.2, -0.15) is 5.10 Å². The Hall–Kier alpha value is -1.92. The van der Waals surface area contributed by atoms with Gasteiger partial charge in [0, 0.05) is 31.0 Å². The summed E-state index contributed by atoms with van der Waals surface area (Å²) in [6.07, 6.45) is 1.50. The fourth-order valence-corrected chi connectivity index (χ4v) is 2.36. The zero-order chi connectivity index (χ0) is 16.3. The monoisotopic (exact) mass is 321 g/mol. The molecule has 22 heavy (non-hydrogen) atoms. The predicted molar refractivity (Wildman–Crippen MR) is 86.9 cm³/mol. The van der Waals surface area contributed by atoms with Crippen LogP contribution in [0.3, 0.4) is 0 Å². The number of amides is 1. The zero-order valence-electron chi connectivity index (χ0n) is 13.2. The summed E-state index contributed by atoms with van der Waals surface area (Å²) in [5.41, 5.74) is 3.26. The number of carbonyl (C=O) groups excluding carboxylic acids is 1. The highest BCUT2D eigenvalue weighted by atomic mass is 35.5. The molecular formula is C15H20ClN5O. The summed E-state index contributed by atoms with van der Waals surface area (Å²) in [5.74, 6) is 0.382. The van der Waals surface area contributed by atoms with Gasteiger partial charge in [-0.3, -0.25) is 14.4 Å². The Kier molecular flexibility index (Phi) is 5.15. The summed E-state index contributed by atoms with van der Waals surface area (Å²) >= 11 is 5.76. The molecule has 0 bridgehead atoms. The van der Waals surface area contributed by atoms with Crippen LogP contribution < -0.4 is 5.32 Å². The van der Waals surface area contributed by atoms with E-state index in [2.05, 4.69) is 15.4 Å². The number of hydrogen-bond acceptors (Lipinski definition) is 4. The number of aromatic nitrogens is 3. The highest BCUT2D eigenvalue weighted by molar-refractivity contribution is 6.30. The van der Waals surface area contributed by atoms with Crippen molar-refractivity contribution < 1.29 is 4.79 Å². The first-order valence-corrected chi connectivity index (χ1v) is 7.33. The van der Waals surface area contributed by atoms with Crippen LogP contribution in [0.4, 0.5) is 5.82 Å². The van der Waals surface area contributed by atoms with Gasteiger partial charge in [0.05, 0.1) is 17.3 Å². The number of anilines is 1. The molecule has 0 aliphatic heterocycles. The zero-order valence-corrected chi connectivity index (χ0v) is 14.0. The van der Waals surface area contributed by atoms with Crippen molar-refractivity contribution >= 4 is 23.3 Å². The Morgan fingerprint density at radius 2 is 2.14 bits per heavy atom. The number of aryl methyl sites for hydroxylation is 2. The fraction of sp³-hybridized carbons (Fsp3) is 0.400. The molecule has 2 rings (SSSR count). The van der Waals surface area contributed by atoms with Crippen LogP contribution in [0.2, 0.25) is 5.02 Å². The molecule has 0 aliphatic carbocycles. The number of pyridine rings is 1. The first kappa shape index (κ1) is 16.5. The Morgan fingerprint density at radius 1 is 1.41 bits per heavy atom. The smallest absolute Gasteiger partial charge is 0.239 e. The van der Waals surface area contributed by atoms with Crippen molar-refractivity contribution in [3.8, 4) is 0 Å². The van der Waals surface area contributed by atoms with E-state index >= 15 is 0 Å². The van der Waals surface area contributed by atoms with Crippen LogP contribution in [-0.4, -0.2) is 39.2 Å². The van der Waals surface area contributed by atoms with Gasteiger partial charge in [0.1, 0.15) is 5.82 Å². The molecular weight excluding hydrogens is 302 g/mol. The summed E-state index contributed by atoms with van der Waals surface area (Å²) in [6.45, 7) is 4.96. The first-order chi connectivity index (χ1) is 10.4. The van der Waals surface area contributed by atoms with Gasteiger partial charge in [-0.15, -0.1) is 0 Å². The van der Waals surface area contributed by atoms with Gasteiger partial charge in [-0.1, -0.05) is 11.6 Å². The lowest BCUT2D eigenvalue weighted by Crippen LogP contribution is -2.30. The lowest BCUT2D eigenvalue weighted by molar-refractivity contribution is -0.117. The van der Waals surface area contributed by atoms with Crippen molar-refractivity contribution in [1.82, 2.24) is 19.7 Å². The van der Waals surface area contributed by atoms with Crippen molar-refractivity contribution in [2.45, 2.75) is 20.4 Å². The minimum absolute atomic E-state index is 0.114. The molecule has 7 heteroatoms. The first-order valence-electron chi connectivity index (χ1n) is 6.96. The van der Waals surface area contributed by atoms with E-state index in [1.165, 1.54) is 6.20 Å². The van der Waals surface area contributed by atoms with E-state index in [0.717, 1.165) is 17.0 Å². The highest BCUT2D eigenvalue weighted by Gasteiger charge is 2.14. The van der Waals surface area contributed by atoms with Crippen molar-refractivity contribution in [2.24, 2.45) is 7.05 Å². The van der Waals surface area contributed by atoms with Gasteiger partial charge in [0.2, 0.25) is 5.91 Å². The molecule has 0 unspecified atom stereocenters. The molecule has 1 amide bonds. The number of nitrogens with zero attached hydrogens (tertiary/aromatic N) is 4. The number of carbonyl (C=O) groups is 1. The van der Waals surface area contributed by atoms with E-state index in [1.54, 1.807) is 12.1 Å². The third-order valence-electron chi connectivity index (χ3n) is 3.50. The minimum atomic E-state index is -0.114. The average Bonchev–Trinajstić information content (AvgIpc) is 2.68. The number of nitrogens with one attached hydrogen (secondary N) is 1. The minimum Gasteiger partial charge on any atom is -0.310 e. The maximum Gasteiger partial charge on any atom is 0.239 e. The quantitative estimate of drug-likeness (QED) is 0.916. The molecule has 0 radical (unpaired) electrons. The van der Waals surface area contributed by atoms with E-state index < -0.39 is 0 Å². The lowest BCUT2D eigenvalue weighted by atomic mass is 10.2. The van der Waals surface area contributed by atoms with Crippen LogP contribution in [-0.2, 0) is 18.4 Å². The normalized spacial score (nSPS) is 11.0. The van der Waals surface area contributed by atoms with Crippen LogP contribution in [0.15, 0.2) is 18.3 Å². The molecule has 0 fully saturated rings. The molecule has 0 aliphatic rings. The van der Waals surface area contributed by atoms with Crippen LogP contribution in [0.5, 0.6) is 0 Å². The van der Waals surface area contributed by atoms with E-state index in [9.17, 15) is 4.79 Å². The lowest BCUT2D eigenvalue weighted by Gasteiger charge is -2.16. The summed E-state index contributed by atoms with van der Waals surface area (Å²) in [6, 6.07) is 3.37. The molecule has 0 aromatic carbocycles. The van der Waals surface area contributed by atoms with E-state index in [-0.39, 0.29) is 12.5 Å². The predicted octanol–water partition coefficient (Wildman–Crippen LogP) is 2.16. The van der Waals surface area contributed by atoms with Gasteiger partial charge in [-0.25, -0.2) is 4.98 Å². The summed E-state index contributed by atoms with van der Waals surface area (Å²) in [5, 5.41) is 7.67. The SMILES string of the molecule is Cc1nn(C)c(C)c1CN(C)CC(=O)Nc1ccc(Cl)cn1. The molecule has 0 atom stereocenters. The Morgan fingerprint density at radius 3 is 2.68 bits per heavy atom. The molecule has 118 valence electrons. The molecule has 0 saturated heterocycles. The van der Waals surface area contributed by atoms with Gasteiger partial charge < -0.3 is 5.32 Å². The van der Waals surface area contributed by atoms with Crippen molar-refractivity contribution in [3.05, 3.63) is 40.3 Å². The summed E-state index contributed by atoms with van der Waals surface area (Å²) in [7, 11) is 3.82. The second-order valence-corrected chi connectivity index (χ2v) is 5.79. The Bertz CT molecular complexity index is 665. The number of rotatable bonds is 5. The van der Waals surface area contributed by atoms with Gasteiger partial charge in [0.25, 0.3) is 0 Å². The second-order valence-electron chi connectivity index (χ2n) is 5.36. The molecule has 0 saturated carbocycles. The molecule has 2 aromatic rings. The summed E-state index contributed by atoms with van der Waals surface area (Å²) < 4.78 is 1.86. The molecule has 2 heterocycles. The largest absolute Gasteiger partial charge is 0.310 e. The number of halogens is 1. The van der Waals surface area contributed by atoms with Crippen molar-refractivity contribution in [1.29, 1.82) is 0 Å². The molecule has 6 nitrogen and oxygen atoms in total. The summed E-state index contributed by atoms with van der Waals surface area (Å²) in [4.78, 5) is 18.0. The standard InChI is InChI=1S/C15H20ClN5O/c1-10-13(11(2)21(4)19-10)8-20(3)9-15(22)18-14-6-5-12(16)7-17-14/h5-7H,8-9H2,1-4H3,(H,17,18,22). The fourth-order valence-electron chi connectivity index (χ4n) is 2.25. The third-order valence-corrected chi connectivity index (χ3v) is 3.72. The third kappa shape index (κ3) is 4.05. The second kappa shape index (κ2) is 6.89. The van der Waals surface area contributed by atoms with E-state index in [1.807, 2.05) is 37.5 Å². The van der Waals surface area contributed by atoms with Crippen LogP contribution in [0.25, 0.3) is 0 Å². The number of hydrogen-bond donors (Lipinski definition) is 1. The number of likely N-dealkylation sites (N-methyl/N-ethyl adjacent to an activating group) is 1. The molecule has 2 aromatic heterocycles. The van der Waals surface area contributed by atoms with Gasteiger partial charge >= 0.3 is 0 Å². The van der Waals surface area contributed by atoms with Crippen LogP contribution >= 0.6 is 11.6 Å². The Labute approximate surface area is 135 Å². The maximum atomic E-state index is 12.0. The van der Waals surface area contributed by atoms with E-state index in [4.69, 9.17) is 11.6 Å². The van der Waals surface area contributed by atoms with Crippen molar-refractivity contribution in [3.63, 3.8) is 0 Å². The average molecular weight is 322 g/mol.